The standard InChI is InChI=1S/C26H35N5.C3H8.OS/c1-6-7-9-19-10-8-11-20(15-19)22-17-31(5)26(27-12-13-30(3)4)24-23(22)21-14-18(2)16-28-25(21)29-24;1-3-2;1-2/h8,10-11,14-17,26-27H,6-7,9,12-13H2,1-5H3,(H,28,29);3H2,1-2H3;. The lowest BCUT2D eigenvalue weighted by Crippen LogP contribution is -2.39. The number of H-pyrrole nitrogens is 1. The molecule has 1 aromatic carbocycles. The van der Waals surface area contributed by atoms with E-state index in [-0.39, 0.29) is 6.17 Å². The molecule has 2 aromatic heterocycles. The fourth-order valence-electron chi connectivity index (χ4n) is 4.40. The highest BCUT2D eigenvalue weighted by molar-refractivity contribution is 7.44. The monoisotopic (exact) mass is 509 g/mol. The fraction of sp³-hybridized carbons (Fsp3) is 0.483. The first kappa shape index (κ1) is 29.6. The van der Waals surface area contributed by atoms with E-state index in [0.29, 0.717) is 0 Å². The second-order valence-corrected chi connectivity index (χ2v) is 9.70. The van der Waals surface area contributed by atoms with Gasteiger partial charge in [-0.25, -0.2) is 4.98 Å². The zero-order chi connectivity index (χ0) is 26.7. The van der Waals surface area contributed by atoms with Gasteiger partial charge in [-0.2, -0.15) is 4.21 Å². The third-order valence-corrected chi connectivity index (χ3v) is 6.05. The first-order valence-corrected chi connectivity index (χ1v) is 13.3. The molecule has 4 rings (SSSR count). The SMILES string of the molecule is CCC.CCCCc1cccc(C2=CN(C)C(NCCN(C)C)c3[nH]c4ncc(C)cc4c32)c1.O=S. The van der Waals surface area contributed by atoms with Gasteiger partial charge >= 0.3 is 0 Å². The van der Waals surface area contributed by atoms with Crippen LogP contribution in [0.2, 0.25) is 0 Å². The Morgan fingerprint density at radius 3 is 2.56 bits per heavy atom. The number of likely N-dealkylation sites (N-methyl/N-ethyl adjacent to an activating group) is 1. The quantitative estimate of drug-likeness (QED) is 0.401. The summed E-state index contributed by atoms with van der Waals surface area (Å²) in [6.45, 7) is 10.5. The van der Waals surface area contributed by atoms with Crippen LogP contribution in [0, 0.1) is 6.92 Å². The minimum atomic E-state index is 0.0940. The first-order chi connectivity index (χ1) is 17.4. The molecule has 0 amide bonds. The molecule has 0 radical (unpaired) electrons. The number of fused-ring (bicyclic) bond motifs is 3. The lowest BCUT2D eigenvalue weighted by atomic mass is 9.91. The molecule has 2 N–H and O–H groups in total. The number of benzene rings is 1. The van der Waals surface area contributed by atoms with E-state index >= 15 is 0 Å². The number of aryl methyl sites for hydroxylation is 2. The molecule has 0 saturated heterocycles. The van der Waals surface area contributed by atoms with Crippen molar-refractivity contribution in [2.75, 3.05) is 34.2 Å². The number of pyridine rings is 1. The second kappa shape index (κ2) is 14.8. The molecular formula is C29H43N5OS. The van der Waals surface area contributed by atoms with Gasteiger partial charge in [-0.1, -0.05) is 57.9 Å². The van der Waals surface area contributed by atoms with E-state index in [2.05, 4.69) is 118 Å². The molecule has 0 saturated carbocycles. The Morgan fingerprint density at radius 1 is 1.17 bits per heavy atom. The van der Waals surface area contributed by atoms with Gasteiger partial charge in [0.1, 0.15) is 11.8 Å². The van der Waals surface area contributed by atoms with Crippen LogP contribution in [0.3, 0.4) is 0 Å². The molecule has 0 aliphatic carbocycles. The molecule has 1 atom stereocenters. The molecule has 0 spiro atoms. The summed E-state index contributed by atoms with van der Waals surface area (Å²) in [5, 5.41) is 4.93. The molecule has 3 aromatic rings. The number of unbranched alkanes of at least 4 members (excludes halogenated alkanes) is 1. The maximum atomic E-state index is 7.83. The summed E-state index contributed by atoms with van der Waals surface area (Å²) in [5.41, 5.74) is 8.56. The van der Waals surface area contributed by atoms with Crippen molar-refractivity contribution < 1.29 is 4.21 Å². The largest absolute Gasteiger partial charge is 0.359 e. The minimum Gasteiger partial charge on any atom is -0.359 e. The number of hydrogen-bond acceptors (Lipinski definition) is 6. The number of hydrogen-bond donors (Lipinski definition) is 2. The maximum Gasteiger partial charge on any atom is 0.197 e. The fourth-order valence-corrected chi connectivity index (χ4v) is 4.40. The highest BCUT2D eigenvalue weighted by Crippen LogP contribution is 2.40. The summed E-state index contributed by atoms with van der Waals surface area (Å²) < 4.78 is 7.83. The van der Waals surface area contributed by atoms with Crippen LogP contribution >= 0.6 is 0 Å². The molecule has 0 bridgehead atoms. The van der Waals surface area contributed by atoms with Crippen LogP contribution < -0.4 is 5.32 Å². The molecule has 36 heavy (non-hydrogen) atoms. The number of rotatable bonds is 8. The van der Waals surface area contributed by atoms with Crippen LogP contribution in [0.25, 0.3) is 16.6 Å². The van der Waals surface area contributed by atoms with Crippen LogP contribution in [0.5, 0.6) is 0 Å². The third kappa shape index (κ3) is 7.45. The van der Waals surface area contributed by atoms with Gasteiger partial charge in [0.15, 0.2) is 12.5 Å². The Morgan fingerprint density at radius 2 is 1.89 bits per heavy atom. The summed E-state index contributed by atoms with van der Waals surface area (Å²) in [7, 11) is 6.37. The maximum absolute atomic E-state index is 7.83. The van der Waals surface area contributed by atoms with Gasteiger partial charge in [-0.05, 0) is 56.6 Å². The predicted molar refractivity (Wildman–Crippen MR) is 154 cm³/mol. The summed E-state index contributed by atoms with van der Waals surface area (Å²) >= 11 is 2.83. The first-order valence-electron chi connectivity index (χ1n) is 13.0. The Labute approximate surface area is 222 Å². The average Bonchev–Trinajstić information content (AvgIpc) is 3.24. The Balaban J connectivity index is 0.000000850. The molecule has 1 unspecified atom stereocenters. The molecule has 196 valence electrons. The number of nitrogens with zero attached hydrogens (tertiary/aromatic N) is 3. The van der Waals surface area contributed by atoms with Crippen molar-refractivity contribution in [2.24, 2.45) is 0 Å². The molecule has 7 heteroatoms. The van der Waals surface area contributed by atoms with Gasteiger partial charge in [0.2, 0.25) is 0 Å². The lowest BCUT2D eigenvalue weighted by Gasteiger charge is -2.34. The van der Waals surface area contributed by atoms with Crippen LogP contribution in [-0.2, 0) is 19.0 Å². The van der Waals surface area contributed by atoms with Gasteiger partial charge in [-0.3, -0.25) is 5.32 Å². The van der Waals surface area contributed by atoms with E-state index in [1.165, 1.54) is 58.2 Å². The van der Waals surface area contributed by atoms with Gasteiger partial charge in [-0.15, -0.1) is 0 Å². The average molecular weight is 510 g/mol. The number of nitrogens with one attached hydrogen (secondary N) is 2. The van der Waals surface area contributed by atoms with Gasteiger partial charge < -0.3 is 14.8 Å². The molecule has 3 heterocycles. The van der Waals surface area contributed by atoms with Crippen molar-refractivity contribution in [3.05, 3.63) is 70.7 Å². The van der Waals surface area contributed by atoms with Crippen molar-refractivity contribution in [2.45, 2.75) is 59.5 Å². The van der Waals surface area contributed by atoms with Gasteiger partial charge in [0, 0.05) is 49.1 Å². The molecule has 1 aliphatic heterocycles. The van der Waals surface area contributed by atoms with Crippen LogP contribution in [0.4, 0.5) is 0 Å². The third-order valence-electron chi connectivity index (χ3n) is 6.05. The van der Waals surface area contributed by atoms with Crippen LogP contribution in [0.15, 0.2) is 42.7 Å². The van der Waals surface area contributed by atoms with Crippen LogP contribution in [0.1, 0.15) is 74.1 Å². The Kier molecular flexibility index (Phi) is 12.2. The van der Waals surface area contributed by atoms with Gasteiger partial charge in [0.05, 0.1) is 5.69 Å². The molecule has 0 fully saturated rings. The smallest absolute Gasteiger partial charge is 0.197 e. The summed E-state index contributed by atoms with van der Waals surface area (Å²) in [6, 6.07) is 11.3. The van der Waals surface area contributed by atoms with Crippen molar-refractivity contribution in [3.63, 3.8) is 0 Å². The van der Waals surface area contributed by atoms with E-state index in [4.69, 9.17) is 9.19 Å². The number of aromatic nitrogens is 2. The Hall–Kier alpha value is -2.61. The number of aromatic amines is 1. The topological polar surface area (TPSA) is 64.3 Å². The summed E-state index contributed by atoms with van der Waals surface area (Å²) in [5.74, 6) is 0. The summed E-state index contributed by atoms with van der Waals surface area (Å²) in [4.78, 5) is 12.8. The molecule has 6 nitrogen and oxygen atoms in total. The predicted octanol–water partition coefficient (Wildman–Crippen LogP) is 5.78. The normalized spacial score (nSPS) is 14.5. The minimum absolute atomic E-state index is 0.0940. The Bertz CT molecular complexity index is 1120. The summed E-state index contributed by atoms with van der Waals surface area (Å²) in [6.07, 6.45) is 9.15. The van der Waals surface area contributed by atoms with E-state index < -0.39 is 0 Å². The highest BCUT2D eigenvalue weighted by Gasteiger charge is 2.30. The van der Waals surface area contributed by atoms with E-state index in [1.54, 1.807) is 0 Å². The highest BCUT2D eigenvalue weighted by atomic mass is 32.1. The molecular weight excluding hydrogens is 466 g/mol. The zero-order valence-corrected chi connectivity index (χ0v) is 23.8. The van der Waals surface area contributed by atoms with Crippen LogP contribution in [-0.4, -0.2) is 58.2 Å². The molecule has 1 aliphatic rings. The van der Waals surface area contributed by atoms with Gasteiger partial charge in [0.25, 0.3) is 0 Å². The second-order valence-electron chi connectivity index (χ2n) is 9.70. The lowest BCUT2D eigenvalue weighted by molar-refractivity contribution is 0.260. The van der Waals surface area contributed by atoms with Crippen molar-refractivity contribution in [1.29, 1.82) is 0 Å². The van der Waals surface area contributed by atoms with Crippen molar-refractivity contribution in [1.82, 2.24) is 25.1 Å². The van der Waals surface area contributed by atoms with Crippen molar-refractivity contribution in [3.8, 4) is 0 Å². The van der Waals surface area contributed by atoms with E-state index in [9.17, 15) is 0 Å². The van der Waals surface area contributed by atoms with E-state index in [0.717, 1.165) is 25.2 Å². The van der Waals surface area contributed by atoms with E-state index in [1.807, 2.05) is 6.20 Å². The van der Waals surface area contributed by atoms with Crippen molar-refractivity contribution >= 4 is 29.1 Å². The zero-order valence-electron chi connectivity index (χ0n) is 23.0.